The van der Waals surface area contributed by atoms with E-state index in [9.17, 15) is 14.4 Å². The van der Waals surface area contributed by atoms with Crippen molar-refractivity contribution >= 4 is 23.6 Å². The number of carbonyl (C=O) groups excluding carboxylic acids is 3. The highest BCUT2D eigenvalue weighted by Crippen LogP contribution is 2.29. The number of nitrogens with zero attached hydrogens (tertiary/aromatic N) is 2. The van der Waals surface area contributed by atoms with Crippen LogP contribution in [-0.4, -0.2) is 53.6 Å². The van der Waals surface area contributed by atoms with E-state index in [0.717, 1.165) is 25.7 Å². The number of likely N-dealkylation sites (tertiary alicyclic amines) is 1. The lowest BCUT2D eigenvalue weighted by Gasteiger charge is -2.29. The second-order valence-electron chi connectivity index (χ2n) is 10.1. The van der Waals surface area contributed by atoms with Gasteiger partial charge in [-0.1, -0.05) is 19.4 Å². The van der Waals surface area contributed by atoms with Gasteiger partial charge in [0.1, 0.15) is 5.60 Å². The molecule has 0 radical (unpaired) electrons. The molecule has 1 aromatic carbocycles. The summed E-state index contributed by atoms with van der Waals surface area (Å²) in [6.45, 7) is 10.2. The summed E-state index contributed by atoms with van der Waals surface area (Å²) in [5.41, 5.74) is 0.669. The standard InChI is InChI=1S/C25H37N3O4/c1-6-18-10-11-20(14-18)26-23(30)19-8-7-9-21(15-19)28(17(2)29)22-12-13-27(16-22)24(31)32-25(3,4)5/h7-9,15,18,20,22H,6,10-14,16H2,1-5H3,(H,26,30). The first-order valence-corrected chi connectivity index (χ1v) is 11.8. The third-order valence-corrected chi connectivity index (χ3v) is 6.36. The zero-order valence-electron chi connectivity index (χ0n) is 20.0. The Morgan fingerprint density at radius 2 is 1.94 bits per heavy atom. The maximum absolute atomic E-state index is 12.9. The summed E-state index contributed by atoms with van der Waals surface area (Å²) < 4.78 is 5.48. The van der Waals surface area contributed by atoms with Crippen molar-refractivity contribution in [2.24, 2.45) is 5.92 Å². The van der Waals surface area contributed by atoms with Gasteiger partial charge in [-0.3, -0.25) is 9.59 Å². The number of benzene rings is 1. The normalized spacial score (nSPS) is 23.2. The molecule has 0 spiro atoms. The van der Waals surface area contributed by atoms with Crippen LogP contribution in [-0.2, 0) is 9.53 Å². The van der Waals surface area contributed by atoms with Crippen molar-refractivity contribution < 1.29 is 19.1 Å². The highest BCUT2D eigenvalue weighted by Gasteiger charge is 2.35. The molecule has 1 saturated carbocycles. The smallest absolute Gasteiger partial charge is 0.410 e. The minimum Gasteiger partial charge on any atom is -0.444 e. The Bertz CT molecular complexity index is 848. The average Bonchev–Trinajstić information content (AvgIpc) is 3.36. The summed E-state index contributed by atoms with van der Waals surface area (Å²) >= 11 is 0. The first-order valence-electron chi connectivity index (χ1n) is 11.8. The average molecular weight is 444 g/mol. The highest BCUT2D eigenvalue weighted by molar-refractivity contribution is 5.98. The summed E-state index contributed by atoms with van der Waals surface area (Å²) in [7, 11) is 0. The Balaban J connectivity index is 1.69. The van der Waals surface area contributed by atoms with Crippen molar-refractivity contribution in [1.29, 1.82) is 0 Å². The first-order chi connectivity index (χ1) is 15.1. The minimum absolute atomic E-state index is 0.0982. The molecule has 1 N–H and O–H groups in total. The van der Waals surface area contributed by atoms with Gasteiger partial charge in [0.05, 0.1) is 6.04 Å². The molecular weight excluding hydrogens is 406 g/mol. The largest absolute Gasteiger partial charge is 0.444 e. The van der Waals surface area contributed by atoms with Crippen molar-refractivity contribution in [2.45, 2.75) is 84.4 Å². The molecule has 1 saturated heterocycles. The van der Waals surface area contributed by atoms with E-state index in [1.165, 1.54) is 6.92 Å². The van der Waals surface area contributed by atoms with E-state index in [1.54, 1.807) is 21.9 Å². The van der Waals surface area contributed by atoms with E-state index < -0.39 is 5.60 Å². The zero-order valence-corrected chi connectivity index (χ0v) is 20.0. The molecule has 1 aliphatic carbocycles. The van der Waals surface area contributed by atoms with E-state index in [4.69, 9.17) is 4.74 Å². The Kier molecular flexibility index (Phi) is 7.47. The topological polar surface area (TPSA) is 79.0 Å². The monoisotopic (exact) mass is 443 g/mol. The Labute approximate surface area is 191 Å². The number of carbonyl (C=O) groups is 3. The van der Waals surface area contributed by atoms with Gasteiger partial charge >= 0.3 is 6.09 Å². The molecule has 3 unspecified atom stereocenters. The van der Waals surface area contributed by atoms with E-state index in [1.807, 2.05) is 32.9 Å². The Hall–Kier alpha value is -2.57. The van der Waals surface area contributed by atoms with Crippen LogP contribution in [0.1, 0.15) is 77.1 Å². The predicted molar refractivity (Wildman–Crippen MR) is 125 cm³/mol. The fourth-order valence-electron chi connectivity index (χ4n) is 4.74. The number of nitrogens with one attached hydrogen (secondary N) is 1. The molecule has 0 bridgehead atoms. The van der Waals surface area contributed by atoms with Crippen LogP contribution < -0.4 is 10.2 Å². The zero-order chi connectivity index (χ0) is 23.5. The Morgan fingerprint density at radius 3 is 2.56 bits per heavy atom. The van der Waals surface area contributed by atoms with E-state index >= 15 is 0 Å². The van der Waals surface area contributed by atoms with Gasteiger partial charge in [0.2, 0.25) is 5.91 Å². The minimum atomic E-state index is -0.562. The number of ether oxygens (including phenoxy) is 1. The number of hydrogen-bond acceptors (Lipinski definition) is 4. The second-order valence-corrected chi connectivity index (χ2v) is 10.1. The summed E-state index contributed by atoms with van der Waals surface area (Å²) in [4.78, 5) is 41.2. The van der Waals surface area contributed by atoms with Crippen LogP contribution in [0.15, 0.2) is 24.3 Å². The number of anilines is 1. The lowest BCUT2D eigenvalue weighted by Crippen LogP contribution is -2.43. The van der Waals surface area contributed by atoms with E-state index in [-0.39, 0.29) is 30.0 Å². The van der Waals surface area contributed by atoms with Gasteiger partial charge in [-0.2, -0.15) is 0 Å². The number of rotatable bonds is 5. The van der Waals surface area contributed by atoms with Crippen LogP contribution in [0.5, 0.6) is 0 Å². The van der Waals surface area contributed by atoms with E-state index in [2.05, 4.69) is 12.2 Å². The molecule has 176 valence electrons. The third-order valence-electron chi connectivity index (χ3n) is 6.36. The number of amides is 3. The third kappa shape index (κ3) is 6.02. The van der Waals surface area contributed by atoms with Gasteiger partial charge in [-0.25, -0.2) is 4.79 Å². The van der Waals surface area contributed by atoms with Crippen molar-refractivity contribution in [1.82, 2.24) is 10.2 Å². The molecule has 3 atom stereocenters. The van der Waals surface area contributed by atoms with Crippen LogP contribution in [0.25, 0.3) is 0 Å². The van der Waals surface area contributed by atoms with Gasteiger partial charge in [0, 0.05) is 37.3 Å². The van der Waals surface area contributed by atoms with Gasteiger partial charge in [-0.15, -0.1) is 0 Å². The van der Waals surface area contributed by atoms with Crippen molar-refractivity contribution in [3.05, 3.63) is 29.8 Å². The van der Waals surface area contributed by atoms with Crippen LogP contribution in [0.4, 0.5) is 10.5 Å². The molecule has 0 aromatic heterocycles. The lowest BCUT2D eigenvalue weighted by atomic mass is 10.1. The van der Waals surface area contributed by atoms with Crippen molar-refractivity contribution in [2.75, 3.05) is 18.0 Å². The highest BCUT2D eigenvalue weighted by atomic mass is 16.6. The van der Waals surface area contributed by atoms with Crippen LogP contribution in [0, 0.1) is 5.92 Å². The van der Waals surface area contributed by atoms with Gasteiger partial charge in [0.15, 0.2) is 0 Å². The second kappa shape index (κ2) is 9.92. The molecule has 1 aromatic rings. The molecule has 3 rings (SSSR count). The fourth-order valence-corrected chi connectivity index (χ4v) is 4.74. The molecule has 7 heteroatoms. The van der Waals surface area contributed by atoms with Crippen molar-refractivity contribution in [3.8, 4) is 0 Å². The quantitative estimate of drug-likeness (QED) is 0.733. The lowest BCUT2D eigenvalue weighted by molar-refractivity contribution is -0.117. The van der Waals surface area contributed by atoms with Crippen LogP contribution >= 0.6 is 0 Å². The summed E-state index contributed by atoms with van der Waals surface area (Å²) in [6, 6.07) is 7.28. The Morgan fingerprint density at radius 1 is 1.19 bits per heavy atom. The molecular formula is C25H37N3O4. The molecule has 1 heterocycles. The molecule has 7 nitrogen and oxygen atoms in total. The molecule has 3 amide bonds. The van der Waals surface area contributed by atoms with Crippen LogP contribution in [0.2, 0.25) is 0 Å². The molecule has 32 heavy (non-hydrogen) atoms. The number of hydrogen-bond donors (Lipinski definition) is 1. The summed E-state index contributed by atoms with van der Waals surface area (Å²) in [6.07, 6.45) is 4.66. The van der Waals surface area contributed by atoms with Gasteiger partial charge < -0.3 is 19.9 Å². The SMILES string of the molecule is CCC1CCC(NC(=O)c2cccc(N(C(C)=O)C3CCN(C(=O)OC(C)(C)C)C3)c2)C1. The van der Waals surface area contributed by atoms with Crippen molar-refractivity contribution in [3.63, 3.8) is 0 Å². The fraction of sp³-hybridized carbons (Fsp3) is 0.640. The van der Waals surface area contributed by atoms with Gasteiger partial charge in [-0.05, 0) is 70.6 Å². The summed E-state index contributed by atoms with van der Waals surface area (Å²) in [5, 5.41) is 3.16. The summed E-state index contributed by atoms with van der Waals surface area (Å²) in [5.74, 6) is 0.481. The maximum Gasteiger partial charge on any atom is 0.410 e. The predicted octanol–water partition coefficient (Wildman–Crippen LogP) is 4.36. The molecule has 2 aliphatic rings. The van der Waals surface area contributed by atoms with E-state index in [0.29, 0.717) is 36.7 Å². The molecule has 1 aliphatic heterocycles. The van der Waals surface area contributed by atoms with Crippen LogP contribution in [0.3, 0.4) is 0 Å². The first kappa shape index (κ1) is 24.1. The molecule has 2 fully saturated rings. The van der Waals surface area contributed by atoms with Gasteiger partial charge in [0.25, 0.3) is 5.91 Å². The maximum atomic E-state index is 12.9.